The first kappa shape index (κ1) is 10.7. The maximum absolute atomic E-state index is 5.88. The number of likely N-dealkylation sites (N-methyl/N-ethyl adjacent to an activating group) is 1. The number of aromatic amines is 1. The molecule has 0 fully saturated rings. The second kappa shape index (κ2) is 4.08. The van der Waals surface area contributed by atoms with Crippen LogP contribution in [0.1, 0.15) is 24.6 Å². The Hall–Kier alpha value is -1.48. The summed E-state index contributed by atoms with van der Waals surface area (Å²) in [6.45, 7) is 3.22. The highest BCUT2D eigenvalue weighted by Crippen LogP contribution is 2.30. The van der Waals surface area contributed by atoms with E-state index in [9.17, 15) is 0 Å². The van der Waals surface area contributed by atoms with Crippen molar-refractivity contribution in [3.63, 3.8) is 0 Å². The highest BCUT2D eigenvalue weighted by Gasteiger charge is 2.21. The molecule has 0 saturated carbocycles. The topological polar surface area (TPSA) is 53.8 Å². The third-order valence-corrected chi connectivity index (χ3v) is 3.70. The van der Waals surface area contributed by atoms with E-state index in [4.69, 9.17) is 5.73 Å². The zero-order chi connectivity index (χ0) is 11.8. The highest BCUT2D eigenvalue weighted by atomic mass is 14.9. The SMILES string of the molecule is CCNC1CCc2[nH]c3ccc(N)cc3c2C1. The van der Waals surface area contributed by atoms with Gasteiger partial charge in [-0.05, 0) is 49.6 Å². The quantitative estimate of drug-likeness (QED) is 0.692. The molecule has 3 rings (SSSR count). The fraction of sp³-hybridized carbons (Fsp3) is 0.429. The molecule has 3 nitrogen and oxygen atoms in total. The number of fused-ring (bicyclic) bond motifs is 3. The number of aromatic nitrogens is 1. The minimum absolute atomic E-state index is 0.618. The molecule has 0 amide bonds. The first-order valence-electron chi connectivity index (χ1n) is 6.40. The van der Waals surface area contributed by atoms with Gasteiger partial charge in [0.1, 0.15) is 0 Å². The molecule has 4 N–H and O–H groups in total. The minimum Gasteiger partial charge on any atom is -0.399 e. The van der Waals surface area contributed by atoms with E-state index in [1.54, 1.807) is 0 Å². The molecule has 1 aliphatic carbocycles. The lowest BCUT2D eigenvalue weighted by Crippen LogP contribution is -2.34. The van der Waals surface area contributed by atoms with Crippen LogP contribution in [0.25, 0.3) is 10.9 Å². The number of rotatable bonds is 2. The van der Waals surface area contributed by atoms with Crippen LogP contribution in [0.3, 0.4) is 0 Å². The van der Waals surface area contributed by atoms with Crippen molar-refractivity contribution in [2.24, 2.45) is 0 Å². The molecule has 1 aromatic carbocycles. The van der Waals surface area contributed by atoms with Gasteiger partial charge in [-0.15, -0.1) is 0 Å². The van der Waals surface area contributed by atoms with Gasteiger partial charge in [0.2, 0.25) is 0 Å². The first-order chi connectivity index (χ1) is 8.28. The lowest BCUT2D eigenvalue weighted by Gasteiger charge is -2.23. The highest BCUT2D eigenvalue weighted by molar-refractivity contribution is 5.87. The molecule has 0 saturated heterocycles. The number of aryl methyl sites for hydroxylation is 1. The van der Waals surface area contributed by atoms with Gasteiger partial charge in [-0.25, -0.2) is 0 Å². The van der Waals surface area contributed by atoms with Crippen molar-refractivity contribution in [3.8, 4) is 0 Å². The van der Waals surface area contributed by atoms with Gasteiger partial charge in [0.15, 0.2) is 0 Å². The maximum Gasteiger partial charge on any atom is 0.0460 e. The Morgan fingerprint density at radius 3 is 3.18 bits per heavy atom. The van der Waals surface area contributed by atoms with E-state index in [-0.39, 0.29) is 0 Å². The van der Waals surface area contributed by atoms with Crippen LogP contribution in [0, 0.1) is 0 Å². The molecule has 0 bridgehead atoms. The van der Waals surface area contributed by atoms with Gasteiger partial charge in [-0.2, -0.15) is 0 Å². The fourth-order valence-corrected chi connectivity index (χ4v) is 2.90. The summed E-state index contributed by atoms with van der Waals surface area (Å²) in [5, 5.41) is 4.86. The van der Waals surface area contributed by atoms with Crippen LogP contribution in [-0.2, 0) is 12.8 Å². The Balaban J connectivity index is 2.04. The summed E-state index contributed by atoms with van der Waals surface area (Å²) in [5.41, 5.74) is 10.8. The summed E-state index contributed by atoms with van der Waals surface area (Å²) in [6, 6.07) is 6.77. The number of nitrogens with one attached hydrogen (secondary N) is 2. The van der Waals surface area contributed by atoms with Crippen LogP contribution >= 0.6 is 0 Å². The Morgan fingerprint density at radius 1 is 1.47 bits per heavy atom. The average Bonchev–Trinajstić information content (AvgIpc) is 2.67. The summed E-state index contributed by atoms with van der Waals surface area (Å²) in [5.74, 6) is 0. The van der Waals surface area contributed by atoms with Crippen LogP contribution in [-0.4, -0.2) is 17.6 Å². The van der Waals surface area contributed by atoms with Crippen molar-refractivity contribution in [2.45, 2.75) is 32.2 Å². The van der Waals surface area contributed by atoms with E-state index >= 15 is 0 Å². The van der Waals surface area contributed by atoms with E-state index < -0.39 is 0 Å². The van der Waals surface area contributed by atoms with Gasteiger partial charge >= 0.3 is 0 Å². The standard InChI is InChI=1S/C14H19N3/c1-2-16-10-4-6-14-12(8-10)11-7-9(15)3-5-13(11)17-14/h3,5,7,10,16-17H,2,4,6,8,15H2,1H3. The number of hydrogen-bond donors (Lipinski definition) is 3. The van der Waals surface area contributed by atoms with Gasteiger partial charge in [-0.3, -0.25) is 0 Å². The fourth-order valence-electron chi connectivity index (χ4n) is 2.90. The molecule has 1 aliphatic rings. The molecule has 3 heteroatoms. The summed E-state index contributed by atoms with van der Waals surface area (Å²) >= 11 is 0. The molecule has 1 heterocycles. The zero-order valence-electron chi connectivity index (χ0n) is 10.2. The van der Waals surface area contributed by atoms with Crippen molar-refractivity contribution in [1.82, 2.24) is 10.3 Å². The third-order valence-electron chi connectivity index (χ3n) is 3.70. The first-order valence-corrected chi connectivity index (χ1v) is 6.40. The number of nitrogens with two attached hydrogens (primary N) is 1. The van der Waals surface area contributed by atoms with Crippen molar-refractivity contribution in [2.75, 3.05) is 12.3 Å². The Labute approximate surface area is 101 Å². The molecule has 1 unspecified atom stereocenters. The third kappa shape index (κ3) is 1.80. The van der Waals surface area contributed by atoms with Crippen LogP contribution in [0.2, 0.25) is 0 Å². The molecular formula is C14H19N3. The Kier molecular flexibility index (Phi) is 2.56. The van der Waals surface area contributed by atoms with Crippen LogP contribution in [0.15, 0.2) is 18.2 Å². The predicted octanol–water partition coefficient (Wildman–Crippen LogP) is 2.22. The lowest BCUT2D eigenvalue weighted by atomic mass is 9.91. The summed E-state index contributed by atoms with van der Waals surface area (Å²) < 4.78 is 0. The normalized spacial score (nSPS) is 19.5. The van der Waals surface area contributed by atoms with Gasteiger partial charge in [0.05, 0.1) is 0 Å². The van der Waals surface area contributed by atoms with Crippen LogP contribution in [0.5, 0.6) is 0 Å². The zero-order valence-corrected chi connectivity index (χ0v) is 10.2. The smallest absolute Gasteiger partial charge is 0.0460 e. The summed E-state index contributed by atoms with van der Waals surface area (Å²) in [7, 11) is 0. The maximum atomic E-state index is 5.88. The van der Waals surface area contributed by atoms with E-state index in [2.05, 4.69) is 29.4 Å². The number of nitrogen functional groups attached to an aromatic ring is 1. The second-order valence-electron chi connectivity index (χ2n) is 4.88. The van der Waals surface area contributed by atoms with Gasteiger partial charge < -0.3 is 16.0 Å². The molecule has 0 aliphatic heterocycles. The average molecular weight is 229 g/mol. The molecule has 17 heavy (non-hydrogen) atoms. The largest absolute Gasteiger partial charge is 0.399 e. The molecule has 2 aromatic rings. The van der Waals surface area contributed by atoms with Gasteiger partial charge in [-0.1, -0.05) is 6.92 Å². The van der Waals surface area contributed by atoms with Gasteiger partial charge in [0, 0.05) is 28.3 Å². The molecule has 90 valence electrons. The molecular weight excluding hydrogens is 210 g/mol. The van der Waals surface area contributed by atoms with E-state index in [0.717, 1.165) is 25.1 Å². The van der Waals surface area contributed by atoms with Crippen LogP contribution < -0.4 is 11.1 Å². The van der Waals surface area contributed by atoms with Gasteiger partial charge in [0.25, 0.3) is 0 Å². The Bertz CT molecular complexity index is 542. The minimum atomic E-state index is 0.618. The monoisotopic (exact) mass is 229 g/mol. The summed E-state index contributed by atoms with van der Waals surface area (Å²) in [4.78, 5) is 3.52. The van der Waals surface area contributed by atoms with Crippen molar-refractivity contribution < 1.29 is 0 Å². The second-order valence-corrected chi connectivity index (χ2v) is 4.88. The number of H-pyrrole nitrogens is 1. The number of hydrogen-bond acceptors (Lipinski definition) is 2. The van der Waals surface area contributed by atoms with E-state index in [1.165, 1.54) is 28.6 Å². The predicted molar refractivity (Wildman–Crippen MR) is 72.2 cm³/mol. The molecule has 1 aromatic heterocycles. The van der Waals surface area contributed by atoms with Crippen LogP contribution in [0.4, 0.5) is 5.69 Å². The van der Waals surface area contributed by atoms with E-state index in [0.29, 0.717) is 6.04 Å². The Morgan fingerprint density at radius 2 is 2.35 bits per heavy atom. The molecule has 1 atom stereocenters. The van der Waals surface area contributed by atoms with Crippen molar-refractivity contribution in [3.05, 3.63) is 29.5 Å². The summed E-state index contributed by atoms with van der Waals surface area (Å²) in [6.07, 6.45) is 3.48. The molecule has 0 radical (unpaired) electrons. The molecule has 0 spiro atoms. The number of benzene rings is 1. The lowest BCUT2D eigenvalue weighted by molar-refractivity contribution is 0.470. The van der Waals surface area contributed by atoms with Crippen molar-refractivity contribution in [1.29, 1.82) is 0 Å². The number of anilines is 1. The van der Waals surface area contributed by atoms with Crippen molar-refractivity contribution >= 4 is 16.6 Å². The van der Waals surface area contributed by atoms with E-state index in [1.807, 2.05) is 6.07 Å².